The molecule has 12 heteroatoms. The number of anilines is 1. The van der Waals surface area contributed by atoms with E-state index in [-0.39, 0.29) is 27.3 Å². The number of fused-ring (bicyclic) bond motifs is 3. The van der Waals surface area contributed by atoms with Crippen molar-refractivity contribution in [1.82, 2.24) is 30.0 Å². The van der Waals surface area contributed by atoms with Crippen LogP contribution in [0.2, 0.25) is 0 Å². The number of alkyl halides is 3. The first kappa shape index (κ1) is 23.6. The van der Waals surface area contributed by atoms with Gasteiger partial charge in [0.2, 0.25) is 11.8 Å². The second-order valence-corrected chi connectivity index (χ2v) is 9.51. The molecule has 0 aliphatic carbocycles. The normalized spacial score (nSPS) is 14.5. The Labute approximate surface area is 213 Å². The second kappa shape index (κ2) is 9.27. The molecule has 37 heavy (non-hydrogen) atoms. The lowest BCUT2D eigenvalue weighted by Crippen LogP contribution is -2.44. The minimum atomic E-state index is -4.61. The number of thiophene rings is 1. The van der Waals surface area contributed by atoms with Gasteiger partial charge in [0, 0.05) is 44.1 Å². The fourth-order valence-electron chi connectivity index (χ4n) is 4.42. The Morgan fingerprint density at radius 1 is 1.08 bits per heavy atom. The van der Waals surface area contributed by atoms with Crippen molar-refractivity contribution < 1.29 is 17.9 Å². The van der Waals surface area contributed by atoms with Crippen LogP contribution in [-0.4, -0.2) is 57.5 Å². The maximum Gasteiger partial charge on any atom is 0.417 e. The van der Waals surface area contributed by atoms with E-state index < -0.39 is 11.7 Å². The molecule has 5 heterocycles. The predicted molar refractivity (Wildman–Crippen MR) is 137 cm³/mol. The van der Waals surface area contributed by atoms with Gasteiger partial charge in [0.15, 0.2) is 0 Å². The Balaban J connectivity index is 1.54. The van der Waals surface area contributed by atoms with E-state index in [2.05, 4.69) is 25.4 Å². The molecule has 1 aliphatic heterocycles. The standard InChI is InChI=1S/C25H22F3N7OS/c1-2-36-22-21-20(32-24(33-22)34-12-9-29-10-13-34)19-17(25(26,27)28)14-18(31-23(19)37-21)15-4-6-16(7-5-15)35-11-3-8-30-35/h3-8,11,14,29H,2,9-10,12-13H2,1H3. The van der Waals surface area contributed by atoms with Crippen LogP contribution < -0.4 is 15.0 Å². The van der Waals surface area contributed by atoms with E-state index in [0.717, 1.165) is 36.2 Å². The Hall–Kier alpha value is -3.77. The van der Waals surface area contributed by atoms with E-state index in [9.17, 15) is 13.2 Å². The lowest BCUT2D eigenvalue weighted by Gasteiger charge is -2.27. The number of benzene rings is 1. The molecule has 0 atom stereocenters. The summed E-state index contributed by atoms with van der Waals surface area (Å²) in [5.41, 5.74) is 1.03. The number of rotatable bonds is 5. The van der Waals surface area contributed by atoms with E-state index in [1.54, 1.807) is 47.4 Å². The zero-order chi connectivity index (χ0) is 25.6. The first-order valence-electron chi connectivity index (χ1n) is 11.8. The SMILES string of the molecule is CCOc1nc(N2CCNCC2)nc2c1sc1nc(-c3ccc(-n4cccn4)cc3)cc(C(F)(F)F)c12. The number of ether oxygens (including phenoxy) is 1. The molecule has 4 aromatic heterocycles. The largest absolute Gasteiger partial charge is 0.477 e. The van der Waals surface area contributed by atoms with Crippen molar-refractivity contribution >= 4 is 37.7 Å². The van der Waals surface area contributed by atoms with Gasteiger partial charge in [-0.05, 0) is 31.2 Å². The summed E-state index contributed by atoms with van der Waals surface area (Å²) in [4.78, 5) is 16.0. The second-order valence-electron chi connectivity index (χ2n) is 8.51. The molecule has 190 valence electrons. The molecular weight excluding hydrogens is 503 g/mol. The van der Waals surface area contributed by atoms with E-state index in [1.807, 2.05) is 11.8 Å². The van der Waals surface area contributed by atoms with Crippen LogP contribution in [0.3, 0.4) is 0 Å². The number of hydrogen-bond donors (Lipinski definition) is 1. The third kappa shape index (κ3) is 4.36. The molecule has 0 unspecified atom stereocenters. The lowest BCUT2D eigenvalue weighted by molar-refractivity contribution is -0.136. The van der Waals surface area contributed by atoms with Crippen molar-refractivity contribution in [3.63, 3.8) is 0 Å². The highest BCUT2D eigenvalue weighted by Crippen LogP contribution is 2.45. The number of nitrogens with one attached hydrogen (secondary N) is 1. The van der Waals surface area contributed by atoms with Gasteiger partial charge in [-0.3, -0.25) is 0 Å². The van der Waals surface area contributed by atoms with Crippen LogP contribution >= 0.6 is 11.3 Å². The third-order valence-corrected chi connectivity index (χ3v) is 7.22. The molecule has 0 spiro atoms. The maximum absolute atomic E-state index is 14.4. The van der Waals surface area contributed by atoms with Crippen molar-refractivity contribution in [3.05, 3.63) is 54.4 Å². The smallest absolute Gasteiger partial charge is 0.417 e. The molecular formula is C25H22F3N7OS. The Kier molecular flexibility index (Phi) is 5.92. The average Bonchev–Trinajstić information content (AvgIpc) is 3.57. The molecule has 0 amide bonds. The summed E-state index contributed by atoms with van der Waals surface area (Å²) >= 11 is 1.12. The fraction of sp³-hybridized carbons (Fsp3) is 0.280. The molecule has 1 aromatic carbocycles. The summed E-state index contributed by atoms with van der Waals surface area (Å²) in [5, 5.41) is 7.42. The molecule has 0 bridgehead atoms. The van der Waals surface area contributed by atoms with Crippen LogP contribution in [0.5, 0.6) is 5.88 Å². The van der Waals surface area contributed by atoms with Gasteiger partial charge in [-0.1, -0.05) is 12.1 Å². The van der Waals surface area contributed by atoms with Gasteiger partial charge in [-0.15, -0.1) is 11.3 Å². The quantitative estimate of drug-likeness (QED) is 0.349. The summed E-state index contributed by atoms with van der Waals surface area (Å²) in [6.07, 6.45) is -1.15. The van der Waals surface area contributed by atoms with Crippen molar-refractivity contribution in [3.8, 4) is 22.8 Å². The highest BCUT2D eigenvalue weighted by Gasteiger charge is 2.36. The molecule has 1 N–H and O–H groups in total. The van der Waals surface area contributed by atoms with E-state index in [0.29, 0.717) is 35.9 Å². The van der Waals surface area contributed by atoms with Crippen molar-refractivity contribution in [2.45, 2.75) is 13.1 Å². The Bertz CT molecular complexity index is 1560. The topological polar surface area (TPSA) is 81.0 Å². The van der Waals surface area contributed by atoms with Gasteiger partial charge >= 0.3 is 6.18 Å². The zero-order valence-corrected chi connectivity index (χ0v) is 20.6. The van der Waals surface area contributed by atoms with Gasteiger partial charge in [0.25, 0.3) is 0 Å². The van der Waals surface area contributed by atoms with Gasteiger partial charge in [0.1, 0.15) is 15.0 Å². The minimum absolute atomic E-state index is 0.0239. The number of pyridine rings is 1. The summed E-state index contributed by atoms with van der Waals surface area (Å²) in [5.74, 6) is 0.644. The zero-order valence-electron chi connectivity index (χ0n) is 19.8. The summed E-state index contributed by atoms with van der Waals surface area (Å²) in [6.45, 7) is 4.94. The molecule has 5 aromatic rings. The van der Waals surface area contributed by atoms with E-state index in [4.69, 9.17) is 4.74 Å². The minimum Gasteiger partial charge on any atom is -0.477 e. The first-order chi connectivity index (χ1) is 17.9. The third-order valence-electron chi connectivity index (χ3n) is 6.16. The fourth-order valence-corrected chi connectivity index (χ4v) is 5.50. The van der Waals surface area contributed by atoms with Crippen LogP contribution in [0.4, 0.5) is 19.1 Å². The van der Waals surface area contributed by atoms with Crippen LogP contribution in [0.1, 0.15) is 12.5 Å². The monoisotopic (exact) mass is 525 g/mol. The summed E-state index contributed by atoms with van der Waals surface area (Å²) in [7, 11) is 0. The molecule has 1 saturated heterocycles. The first-order valence-corrected chi connectivity index (χ1v) is 12.7. The molecule has 0 saturated carbocycles. The van der Waals surface area contributed by atoms with E-state index in [1.165, 1.54) is 0 Å². The van der Waals surface area contributed by atoms with Crippen molar-refractivity contribution in [1.29, 1.82) is 0 Å². The van der Waals surface area contributed by atoms with Crippen molar-refractivity contribution in [2.24, 2.45) is 0 Å². The number of nitrogens with zero attached hydrogens (tertiary/aromatic N) is 6. The van der Waals surface area contributed by atoms with Gasteiger partial charge in [-0.25, -0.2) is 14.6 Å². The van der Waals surface area contributed by atoms with Crippen LogP contribution in [0, 0.1) is 0 Å². The molecule has 1 aliphatic rings. The summed E-state index contributed by atoms with van der Waals surface area (Å²) in [6, 6.07) is 9.98. The van der Waals surface area contributed by atoms with Crippen LogP contribution in [-0.2, 0) is 6.18 Å². The highest BCUT2D eigenvalue weighted by molar-refractivity contribution is 7.25. The Morgan fingerprint density at radius 2 is 1.86 bits per heavy atom. The van der Waals surface area contributed by atoms with Crippen LogP contribution in [0.25, 0.3) is 37.4 Å². The van der Waals surface area contributed by atoms with Gasteiger partial charge < -0.3 is 15.0 Å². The van der Waals surface area contributed by atoms with Crippen molar-refractivity contribution in [2.75, 3.05) is 37.7 Å². The van der Waals surface area contributed by atoms with Gasteiger partial charge in [-0.2, -0.15) is 23.3 Å². The maximum atomic E-state index is 14.4. The average molecular weight is 526 g/mol. The number of piperazine rings is 1. The molecule has 1 fully saturated rings. The molecule has 8 nitrogen and oxygen atoms in total. The molecule has 6 rings (SSSR count). The number of halogens is 3. The molecule has 0 radical (unpaired) electrons. The van der Waals surface area contributed by atoms with Crippen LogP contribution in [0.15, 0.2) is 48.8 Å². The lowest BCUT2D eigenvalue weighted by atomic mass is 10.1. The Morgan fingerprint density at radius 3 is 2.54 bits per heavy atom. The number of aromatic nitrogens is 5. The predicted octanol–water partition coefficient (Wildman–Crippen LogP) is 4.92. The van der Waals surface area contributed by atoms with Gasteiger partial charge in [0.05, 0.1) is 28.9 Å². The number of hydrogen-bond acceptors (Lipinski definition) is 8. The highest BCUT2D eigenvalue weighted by atomic mass is 32.1. The summed E-state index contributed by atoms with van der Waals surface area (Å²) < 4.78 is 51.2. The van der Waals surface area contributed by atoms with E-state index >= 15 is 0 Å².